The minimum Gasteiger partial charge on any atom is -0.504 e. The third-order valence-electron chi connectivity index (χ3n) is 5.52. The van der Waals surface area contributed by atoms with Crippen molar-refractivity contribution in [1.82, 2.24) is 10.6 Å². The summed E-state index contributed by atoms with van der Waals surface area (Å²) in [5.74, 6) is -1.87. The van der Waals surface area contributed by atoms with E-state index in [0.717, 1.165) is 11.1 Å². The molecule has 4 N–H and O–H groups in total. The van der Waals surface area contributed by atoms with Crippen molar-refractivity contribution < 1.29 is 34.1 Å². The Morgan fingerprint density at radius 1 is 1.03 bits per heavy atom. The maximum atomic E-state index is 12.9. The summed E-state index contributed by atoms with van der Waals surface area (Å²) in [6.45, 7) is 2.34. The Hall–Kier alpha value is -3.59. The van der Waals surface area contributed by atoms with Gasteiger partial charge in [-0.25, -0.2) is 4.79 Å². The van der Waals surface area contributed by atoms with Crippen molar-refractivity contribution in [3.8, 4) is 11.5 Å². The Balaban J connectivity index is 2.01. The molecule has 0 radical (unpaired) electrons. The highest BCUT2D eigenvalue weighted by molar-refractivity contribution is 5.90. The predicted molar refractivity (Wildman–Crippen MR) is 126 cm³/mol. The molecule has 9 heteroatoms. The molecule has 2 rings (SSSR count). The number of phenols is 1. The van der Waals surface area contributed by atoms with E-state index in [1.165, 1.54) is 14.2 Å². The lowest BCUT2D eigenvalue weighted by molar-refractivity contribution is -0.145. The molecule has 1 unspecified atom stereocenters. The van der Waals surface area contributed by atoms with E-state index in [0.29, 0.717) is 18.7 Å². The molecule has 0 heterocycles. The number of phenolic OH excluding ortho intramolecular Hbond substituents is 1. The van der Waals surface area contributed by atoms with Gasteiger partial charge in [0.2, 0.25) is 5.91 Å². The first-order valence-corrected chi connectivity index (χ1v) is 11.0. The minimum atomic E-state index is -1.14. The van der Waals surface area contributed by atoms with E-state index in [1.807, 2.05) is 37.3 Å². The predicted octanol–water partition coefficient (Wildman–Crippen LogP) is 2.23. The van der Waals surface area contributed by atoms with Gasteiger partial charge in [-0.1, -0.05) is 43.3 Å². The van der Waals surface area contributed by atoms with Crippen molar-refractivity contribution in [1.29, 1.82) is 0 Å². The van der Waals surface area contributed by atoms with Crippen molar-refractivity contribution >= 4 is 17.8 Å². The number of nitrogens with one attached hydrogen (secondary N) is 2. The van der Waals surface area contributed by atoms with Crippen LogP contribution in [0.5, 0.6) is 11.5 Å². The number of hydrogen-bond acceptors (Lipinski definition) is 7. The monoisotopic (exact) mass is 472 g/mol. The van der Waals surface area contributed by atoms with Gasteiger partial charge in [0.05, 0.1) is 26.7 Å². The number of carbonyl (C=O) groups is 3. The maximum absolute atomic E-state index is 12.9. The third kappa shape index (κ3) is 8.08. The number of amides is 1. The van der Waals surface area contributed by atoms with Crippen LogP contribution in [0.2, 0.25) is 0 Å². The summed E-state index contributed by atoms with van der Waals surface area (Å²) in [4.78, 5) is 36.5. The summed E-state index contributed by atoms with van der Waals surface area (Å²) in [7, 11) is 2.71. The normalized spacial score (nSPS) is 13.4. The van der Waals surface area contributed by atoms with E-state index < -0.39 is 36.4 Å². The van der Waals surface area contributed by atoms with Crippen LogP contribution < -0.4 is 15.4 Å². The van der Waals surface area contributed by atoms with Crippen LogP contribution in [-0.2, 0) is 25.5 Å². The van der Waals surface area contributed by atoms with Crippen LogP contribution in [0.3, 0.4) is 0 Å². The zero-order valence-electron chi connectivity index (χ0n) is 19.6. The number of esters is 1. The first kappa shape index (κ1) is 26.7. The number of ether oxygens (including phenoxy) is 2. The highest BCUT2D eigenvalue weighted by Crippen LogP contribution is 2.30. The number of hydrogen-bond donors (Lipinski definition) is 4. The van der Waals surface area contributed by atoms with E-state index in [4.69, 9.17) is 9.47 Å². The largest absolute Gasteiger partial charge is 0.504 e. The molecule has 0 bridgehead atoms. The Morgan fingerprint density at radius 2 is 1.74 bits per heavy atom. The summed E-state index contributed by atoms with van der Waals surface area (Å²) >= 11 is 0. The molecule has 0 saturated heterocycles. The molecule has 9 nitrogen and oxygen atoms in total. The second kappa shape index (κ2) is 13.2. The van der Waals surface area contributed by atoms with E-state index >= 15 is 0 Å². The van der Waals surface area contributed by atoms with Gasteiger partial charge in [-0.05, 0) is 42.1 Å². The molecule has 34 heavy (non-hydrogen) atoms. The van der Waals surface area contributed by atoms with Crippen molar-refractivity contribution in [2.24, 2.45) is 0 Å². The third-order valence-corrected chi connectivity index (χ3v) is 5.52. The molecule has 0 fully saturated rings. The Labute approximate surface area is 199 Å². The van der Waals surface area contributed by atoms with Gasteiger partial charge >= 0.3 is 11.9 Å². The zero-order chi connectivity index (χ0) is 25.1. The van der Waals surface area contributed by atoms with Gasteiger partial charge in [0.25, 0.3) is 0 Å². The van der Waals surface area contributed by atoms with Crippen LogP contribution in [0.1, 0.15) is 36.8 Å². The molecule has 2 aromatic carbocycles. The molecule has 0 saturated carbocycles. The summed E-state index contributed by atoms with van der Waals surface area (Å²) < 4.78 is 9.96. The molecule has 0 aliphatic carbocycles. The fourth-order valence-electron chi connectivity index (χ4n) is 3.53. The maximum Gasteiger partial charge on any atom is 0.328 e. The molecule has 0 aliphatic rings. The molecule has 1 amide bonds. The SMILES string of the molecule is COC(=O)[C@H](Cc1ccccc1)NC(=O)[C@H](CC(=O)O)NCCC(C)c1ccc(O)c(OC)c1. The van der Waals surface area contributed by atoms with Crippen LogP contribution in [0.15, 0.2) is 48.5 Å². The summed E-state index contributed by atoms with van der Waals surface area (Å²) in [5.41, 5.74) is 1.77. The lowest BCUT2D eigenvalue weighted by Crippen LogP contribution is -2.52. The van der Waals surface area contributed by atoms with Crippen LogP contribution in [-0.4, -0.2) is 60.9 Å². The van der Waals surface area contributed by atoms with E-state index in [1.54, 1.807) is 18.2 Å². The molecular formula is C25H32N2O7. The standard InChI is InChI=1S/C25H32N2O7/c1-16(18-9-10-21(28)22(14-18)33-2)11-12-26-19(15-23(29)30)24(31)27-20(25(32)34-3)13-17-7-5-4-6-8-17/h4-10,14,16,19-20,26,28H,11-13,15H2,1-3H3,(H,27,31)(H,29,30)/t16?,19-,20-/m0/s1. The fraction of sp³-hybridized carbons (Fsp3) is 0.400. The molecule has 184 valence electrons. The Kier molecular flexibility index (Phi) is 10.3. The molecule has 0 spiro atoms. The second-order valence-electron chi connectivity index (χ2n) is 8.00. The Morgan fingerprint density at radius 3 is 2.35 bits per heavy atom. The van der Waals surface area contributed by atoms with Crippen molar-refractivity contribution in [3.05, 3.63) is 59.7 Å². The minimum absolute atomic E-state index is 0.0467. The number of methoxy groups -OCH3 is 2. The van der Waals surface area contributed by atoms with Crippen LogP contribution in [0.4, 0.5) is 0 Å². The second-order valence-corrected chi connectivity index (χ2v) is 8.00. The summed E-state index contributed by atoms with van der Waals surface area (Å²) in [6, 6.07) is 12.3. The number of rotatable bonds is 13. The molecule has 0 aromatic heterocycles. The van der Waals surface area contributed by atoms with E-state index in [2.05, 4.69) is 10.6 Å². The number of aromatic hydroxyl groups is 1. The van der Waals surface area contributed by atoms with Crippen LogP contribution in [0.25, 0.3) is 0 Å². The lowest BCUT2D eigenvalue weighted by atomic mass is 9.97. The summed E-state index contributed by atoms with van der Waals surface area (Å²) in [5, 5.41) is 24.7. The first-order chi connectivity index (χ1) is 16.2. The smallest absolute Gasteiger partial charge is 0.328 e. The topological polar surface area (TPSA) is 134 Å². The zero-order valence-corrected chi connectivity index (χ0v) is 19.6. The highest BCUT2D eigenvalue weighted by atomic mass is 16.5. The van der Waals surface area contributed by atoms with Gasteiger partial charge < -0.3 is 30.3 Å². The first-order valence-electron chi connectivity index (χ1n) is 11.0. The molecule has 0 aliphatic heterocycles. The number of aliphatic carboxylic acids is 1. The quantitative estimate of drug-likeness (QED) is 0.326. The van der Waals surface area contributed by atoms with Crippen molar-refractivity contribution in [2.75, 3.05) is 20.8 Å². The number of carboxylic acid groups (broad SMARTS) is 1. The fourth-order valence-corrected chi connectivity index (χ4v) is 3.53. The van der Waals surface area contributed by atoms with Gasteiger partial charge in [-0.2, -0.15) is 0 Å². The average Bonchev–Trinajstić information content (AvgIpc) is 2.83. The highest BCUT2D eigenvalue weighted by Gasteiger charge is 2.28. The molecular weight excluding hydrogens is 440 g/mol. The van der Waals surface area contributed by atoms with E-state index in [-0.39, 0.29) is 18.1 Å². The lowest BCUT2D eigenvalue weighted by Gasteiger charge is -2.22. The number of benzene rings is 2. The van der Waals surface area contributed by atoms with Gasteiger partial charge in [-0.3, -0.25) is 9.59 Å². The number of carbonyl (C=O) groups excluding carboxylic acids is 2. The Bertz CT molecular complexity index is 965. The van der Waals surface area contributed by atoms with Crippen molar-refractivity contribution in [2.45, 2.75) is 44.2 Å². The summed E-state index contributed by atoms with van der Waals surface area (Å²) in [6.07, 6.45) is 0.382. The van der Waals surface area contributed by atoms with Gasteiger partial charge in [0, 0.05) is 6.42 Å². The van der Waals surface area contributed by atoms with E-state index in [9.17, 15) is 24.6 Å². The van der Waals surface area contributed by atoms with Gasteiger partial charge in [0.1, 0.15) is 6.04 Å². The van der Waals surface area contributed by atoms with Crippen LogP contribution in [0, 0.1) is 0 Å². The number of carboxylic acids is 1. The van der Waals surface area contributed by atoms with Gasteiger partial charge in [-0.15, -0.1) is 0 Å². The van der Waals surface area contributed by atoms with Crippen molar-refractivity contribution in [3.63, 3.8) is 0 Å². The average molecular weight is 473 g/mol. The molecule has 3 atom stereocenters. The van der Waals surface area contributed by atoms with Crippen LogP contribution >= 0.6 is 0 Å². The molecule has 2 aromatic rings. The van der Waals surface area contributed by atoms with Gasteiger partial charge in [0.15, 0.2) is 11.5 Å².